The van der Waals surface area contributed by atoms with Crippen molar-refractivity contribution in [1.82, 2.24) is 0 Å². The molecule has 0 aliphatic rings. The maximum atomic E-state index is 5.64. The van der Waals surface area contributed by atoms with Gasteiger partial charge in [0.15, 0.2) is 0 Å². The number of nitrogens with two attached hydrogens (primary N) is 1. The second-order valence-electron chi connectivity index (χ2n) is 2.63. The molecule has 0 saturated carbocycles. The van der Waals surface area contributed by atoms with E-state index in [9.17, 15) is 0 Å². The van der Waals surface area contributed by atoms with Gasteiger partial charge in [-0.3, -0.25) is 9.90 Å². The van der Waals surface area contributed by atoms with Crippen molar-refractivity contribution in [3.8, 4) is 0 Å². The first kappa shape index (κ1) is 10.6. The van der Waals surface area contributed by atoms with E-state index in [4.69, 9.17) is 10.6 Å². The van der Waals surface area contributed by atoms with E-state index in [1.165, 1.54) is 0 Å². The molecule has 0 saturated heterocycles. The average Bonchev–Trinajstić information content (AvgIpc) is 2.04. The van der Waals surface area contributed by atoms with Gasteiger partial charge in [-0.15, -0.1) is 0 Å². The van der Waals surface area contributed by atoms with Gasteiger partial charge in [-0.2, -0.15) is 0 Å². The van der Waals surface area contributed by atoms with E-state index in [2.05, 4.69) is 22.6 Å². The number of anilines is 2. The molecule has 72 valence electrons. The molecule has 0 atom stereocenters. The predicted octanol–water partition coefficient (Wildman–Crippen LogP) is 2.26. The lowest BCUT2D eigenvalue weighted by Crippen LogP contribution is -2.18. The monoisotopic (exact) mass is 292 g/mol. The summed E-state index contributed by atoms with van der Waals surface area (Å²) in [6.07, 6.45) is 0. The Bertz CT molecular complexity index is 291. The highest BCUT2D eigenvalue weighted by molar-refractivity contribution is 14.1. The maximum Gasteiger partial charge on any atom is 0.0768 e. The molecule has 0 heterocycles. The number of halogens is 1. The molecule has 0 unspecified atom stereocenters. The molecule has 1 aromatic rings. The summed E-state index contributed by atoms with van der Waals surface area (Å²) in [5.74, 6) is 0. The first-order valence-corrected chi connectivity index (χ1v) is 5.14. The zero-order chi connectivity index (χ0) is 9.84. The molecule has 1 rings (SSSR count). The zero-order valence-electron chi connectivity index (χ0n) is 7.75. The largest absolute Gasteiger partial charge is 0.399 e. The quantitative estimate of drug-likeness (QED) is 0.527. The van der Waals surface area contributed by atoms with Crippen molar-refractivity contribution in [2.24, 2.45) is 0 Å². The number of nitrogen functional groups attached to an aromatic ring is 1. The topological polar surface area (TPSA) is 38.5 Å². The molecule has 0 aliphatic heterocycles. The van der Waals surface area contributed by atoms with Crippen LogP contribution in [0.3, 0.4) is 0 Å². The number of hydrogen-bond donors (Lipinski definition) is 1. The fourth-order valence-corrected chi connectivity index (χ4v) is 1.92. The molecule has 0 fully saturated rings. The fraction of sp³-hybridized carbons (Fsp3) is 0.333. The molecule has 0 aromatic heterocycles. The van der Waals surface area contributed by atoms with Crippen LogP contribution in [0.25, 0.3) is 0 Å². The lowest BCUT2D eigenvalue weighted by atomic mass is 10.3. The van der Waals surface area contributed by atoms with E-state index in [1.807, 2.05) is 32.2 Å². The Morgan fingerprint density at radius 3 is 2.77 bits per heavy atom. The predicted molar refractivity (Wildman–Crippen MR) is 63.6 cm³/mol. The highest BCUT2D eigenvalue weighted by Crippen LogP contribution is 2.23. The smallest absolute Gasteiger partial charge is 0.0768 e. The van der Waals surface area contributed by atoms with E-state index in [1.54, 1.807) is 5.06 Å². The molecule has 13 heavy (non-hydrogen) atoms. The summed E-state index contributed by atoms with van der Waals surface area (Å²) in [5.41, 5.74) is 7.45. The highest BCUT2D eigenvalue weighted by Gasteiger charge is 2.04. The Balaban J connectivity index is 2.88. The van der Waals surface area contributed by atoms with Crippen molar-refractivity contribution in [1.29, 1.82) is 0 Å². The van der Waals surface area contributed by atoms with Gasteiger partial charge in [0.1, 0.15) is 0 Å². The van der Waals surface area contributed by atoms with Crippen molar-refractivity contribution in [2.45, 2.75) is 6.92 Å². The van der Waals surface area contributed by atoms with Gasteiger partial charge < -0.3 is 5.73 Å². The number of rotatable bonds is 3. The van der Waals surface area contributed by atoms with Gasteiger partial charge in [0.05, 0.1) is 12.3 Å². The molecular weight excluding hydrogens is 279 g/mol. The average molecular weight is 292 g/mol. The lowest BCUT2D eigenvalue weighted by Gasteiger charge is -2.19. The Kier molecular flexibility index (Phi) is 3.80. The number of hydroxylamine groups is 1. The summed E-state index contributed by atoms with van der Waals surface area (Å²) >= 11 is 2.24. The first-order valence-electron chi connectivity index (χ1n) is 4.06. The molecule has 0 bridgehead atoms. The van der Waals surface area contributed by atoms with E-state index >= 15 is 0 Å². The van der Waals surface area contributed by atoms with Gasteiger partial charge in [0.25, 0.3) is 0 Å². The van der Waals surface area contributed by atoms with Crippen LogP contribution in [0.4, 0.5) is 11.4 Å². The van der Waals surface area contributed by atoms with Gasteiger partial charge in [0.2, 0.25) is 0 Å². The van der Waals surface area contributed by atoms with E-state index in [0.29, 0.717) is 6.61 Å². The van der Waals surface area contributed by atoms with Crippen LogP contribution in [0.5, 0.6) is 0 Å². The van der Waals surface area contributed by atoms with Crippen LogP contribution in [-0.4, -0.2) is 13.7 Å². The molecule has 2 N–H and O–H groups in total. The van der Waals surface area contributed by atoms with E-state index < -0.39 is 0 Å². The van der Waals surface area contributed by atoms with Gasteiger partial charge in [-0.1, -0.05) is 0 Å². The molecule has 0 radical (unpaired) electrons. The van der Waals surface area contributed by atoms with Crippen LogP contribution in [0.1, 0.15) is 6.92 Å². The van der Waals surface area contributed by atoms with Crippen LogP contribution in [0.15, 0.2) is 18.2 Å². The summed E-state index contributed by atoms with van der Waals surface area (Å²) in [5, 5.41) is 1.75. The standard InChI is InChI=1S/C9H13IN2O/c1-3-13-12(2)9-5-4-7(11)6-8(9)10/h4-6H,3,11H2,1-2H3. The van der Waals surface area contributed by atoms with Gasteiger partial charge in [-0.25, -0.2) is 0 Å². The normalized spacial score (nSPS) is 10.1. The molecule has 3 nitrogen and oxygen atoms in total. The Morgan fingerprint density at radius 1 is 1.54 bits per heavy atom. The Hall–Kier alpha value is -0.490. The minimum absolute atomic E-state index is 0.664. The van der Waals surface area contributed by atoms with Crippen LogP contribution < -0.4 is 10.8 Å². The van der Waals surface area contributed by atoms with Crippen molar-refractivity contribution in [3.63, 3.8) is 0 Å². The van der Waals surface area contributed by atoms with Crippen LogP contribution in [0, 0.1) is 3.57 Å². The summed E-state index contributed by atoms with van der Waals surface area (Å²) in [4.78, 5) is 5.34. The first-order chi connectivity index (χ1) is 6.15. The molecule has 1 aromatic carbocycles. The lowest BCUT2D eigenvalue weighted by molar-refractivity contribution is 0.134. The third kappa shape index (κ3) is 2.73. The van der Waals surface area contributed by atoms with Crippen LogP contribution in [-0.2, 0) is 4.84 Å². The van der Waals surface area contributed by atoms with Crippen molar-refractivity contribution < 1.29 is 4.84 Å². The van der Waals surface area contributed by atoms with Gasteiger partial charge >= 0.3 is 0 Å². The minimum atomic E-state index is 0.664. The minimum Gasteiger partial charge on any atom is -0.399 e. The van der Waals surface area contributed by atoms with E-state index in [0.717, 1.165) is 14.9 Å². The Labute approximate surface area is 92.0 Å². The van der Waals surface area contributed by atoms with Crippen LogP contribution in [0.2, 0.25) is 0 Å². The number of hydrogen-bond acceptors (Lipinski definition) is 3. The highest BCUT2D eigenvalue weighted by atomic mass is 127. The summed E-state index contributed by atoms with van der Waals surface area (Å²) in [6.45, 7) is 2.62. The van der Waals surface area contributed by atoms with E-state index in [-0.39, 0.29) is 0 Å². The SMILES string of the molecule is CCON(C)c1ccc(N)cc1I. The van der Waals surface area contributed by atoms with Crippen molar-refractivity contribution in [3.05, 3.63) is 21.8 Å². The molecule has 4 heteroatoms. The number of benzene rings is 1. The molecule has 0 aliphatic carbocycles. The second-order valence-corrected chi connectivity index (χ2v) is 3.79. The summed E-state index contributed by atoms with van der Waals surface area (Å²) < 4.78 is 1.09. The number of nitrogens with zero attached hydrogens (tertiary/aromatic N) is 1. The summed E-state index contributed by atoms with van der Waals surface area (Å²) in [6, 6.07) is 5.74. The fourth-order valence-electron chi connectivity index (χ4n) is 1.04. The molecule has 0 spiro atoms. The molecular formula is C9H13IN2O. The maximum absolute atomic E-state index is 5.64. The summed E-state index contributed by atoms with van der Waals surface area (Å²) in [7, 11) is 1.89. The van der Waals surface area contributed by atoms with Crippen LogP contribution >= 0.6 is 22.6 Å². The van der Waals surface area contributed by atoms with Gasteiger partial charge in [-0.05, 0) is 47.7 Å². The second kappa shape index (κ2) is 4.66. The van der Waals surface area contributed by atoms with Gasteiger partial charge in [0, 0.05) is 16.3 Å². The third-order valence-corrected chi connectivity index (χ3v) is 2.50. The van der Waals surface area contributed by atoms with Crippen molar-refractivity contribution in [2.75, 3.05) is 24.5 Å². The Morgan fingerprint density at radius 2 is 2.23 bits per heavy atom. The van der Waals surface area contributed by atoms with Crippen molar-refractivity contribution >= 4 is 34.0 Å². The molecule has 0 amide bonds. The third-order valence-electron chi connectivity index (χ3n) is 1.63. The zero-order valence-corrected chi connectivity index (χ0v) is 9.91.